The molecule has 2 aliphatic heterocycles. The Morgan fingerprint density at radius 1 is 1.22 bits per heavy atom. The van der Waals surface area contributed by atoms with Crippen LogP contribution < -0.4 is 4.74 Å². The molecule has 1 aromatic heterocycles. The van der Waals surface area contributed by atoms with Gasteiger partial charge in [0.25, 0.3) is 5.91 Å². The summed E-state index contributed by atoms with van der Waals surface area (Å²) < 4.78 is 28.0. The number of aromatic nitrogens is 2. The minimum atomic E-state index is -0.400. The first kappa shape index (κ1) is 20.3. The minimum Gasteiger partial charge on any atom is -0.493 e. The fourth-order valence-corrected chi connectivity index (χ4v) is 4.34. The first-order valence-electron chi connectivity index (χ1n) is 10.7. The van der Waals surface area contributed by atoms with E-state index in [1.165, 1.54) is 6.07 Å². The third-order valence-corrected chi connectivity index (χ3v) is 5.82. The molecule has 2 aromatic carbocycles. The predicted octanol–water partition coefficient (Wildman–Crippen LogP) is 4.43. The lowest BCUT2D eigenvalue weighted by atomic mass is 9.97. The van der Waals surface area contributed by atoms with Gasteiger partial charge in [-0.2, -0.15) is 0 Å². The van der Waals surface area contributed by atoms with E-state index in [1.807, 2.05) is 43.0 Å². The van der Waals surface area contributed by atoms with Crippen LogP contribution in [-0.4, -0.2) is 39.6 Å². The van der Waals surface area contributed by atoms with Gasteiger partial charge in [-0.15, -0.1) is 0 Å². The van der Waals surface area contributed by atoms with Crippen molar-refractivity contribution in [3.05, 3.63) is 83.4 Å². The van der Waals surface area contributed by atoms with Gasteiger partial charge in [-0.1, -0.05) is 24.3 Å². The fraction of sp³-hybridized carbons (Fsp3) is 0.280. The van der Waals surface area contributed by atoms with Crippen LogP contribution in [0, 0.1) is 12.7 Å². The molecule has 0 N–H and O–H groups in total. The molecule has 5 rings (SSSR count). The molecule has 3 aromatic rings. The molecule has 0 spiro atoms. The zero-order valence-electron chi connectivity index (χ0n) is 18.0. The van der Waals surface area contributed by atoms with Crippen LogP contribution in [0.25, 0.3) is 11.8 Å². The average Bonchev–Trinajstić information content (AvgIpc) is 3.21. The summed E-state index contributed by atoms with van der Waals surface area (Å²) in [6.07, 6.45) is 5.49. The van der Waals surface area contributed by atoms with Crippen molar-refractivity contribution in [3.63, 3.8) is 0 Å². The van der Waals surface area contributed by atoms with Gasteiger partial charge in [0.2, 0.25) is 0 Å². The Morgan fingerprint density at radius 2 is 2.06 bits per heavy atom. The third kappa shape index (κ3) is 3.75. The van der Waals surface area contributed by atoms with Crippen LogP contribution in [-0.2, 0) is 9.53 Å². The number of imidazole rings is 1. The quantitative estimate of drug-likeness (QED) is 0.574. The number of halogens is 1. The second-order valence-corrected chi connectivity index (χ2v) is 8.22. The number of fused-ring (bicyclic) bond motifs is 1. The second kappa shape index (κ2) is 8.15. The standard InChI is InChI=1S/C25H24FN3O3/c1-16-13-28(15-27-16)22-8-7-18(11-20(22)26)12-24-25(30)29(14-17(2)32-24)21-9-10-31-23-6-4-3-5-19(21)23/h3-8,11-13,15,17,21H,9-10,14H2,1-2H3/b24-12-/t17-,21+/m1/s1. The molecule has 1 amide bonds. The SMILES string of the molecule is Cc1cn(-c2ccc(/C=C3\O[C@H](C)CN([C@H]4CCOc5ccccc54)C3=O)cc2F)cn1. The summed E-state index contributed by atoms with van der Waals surface area (Å²) >= 11 is 0. The Morgan fingerprint density at radius 3 is 2.84 bits per heavy atom. The molecule has 32 heavy (non-hydrogen) atoms. The Balaban J connectivity index is 1.44. The molecule has 2 atom stereocenters. The number of aryl methyl sites for hydroxylation is 1. The molecule has 3 heterocycles. The summed E-state index contributed by atoms with van der Waals surface area (Å²) in [6, 6.07) is 12.6. The van der Waals surface area contributed by atoms with E-state index in [0.29, 0.717) is 24.4 Å². The van der Waals surface area contributed by atoms with Gasteiger partial charge in [0.1, 0.15) is 17.7 Å². The number of rotatable bonds is 3. The number of carbonyl (C=O) groups excluding carboxylic acids is 1. The van der Waals surface area contributed by atoms with Crippen molar-refractivity contribution in [1.29, 1.82) is 0 Å². The first-order valence-corrected chi connectivity index (χ1v) is 10.7. The zero-order chi connectivity index (χ0) is 22.2. The van der Waals surface area contributed by atoms with E-state index in [-0.39, 0.29) is 23.8 Å². The molecule has 0 bridgehead atoms. The van der Waals surface area contributed by atoms with Crippen LogP contribution in [0.2, 0.25) is 0 Å². The molecule has 1 fully saturated rings. The van der Waals surface area contributed by atoms with Crippen LogP contribution >= 0.6 is 0 Å². The number of para-hydroxylation sites is 1. The van der Waals surface area contributed by atoms with Gasteiger partial charge in [0.15, 0.2) is 5.76 Å². The maximum atomic E-state index is 14.8. The molecule has 0 aliphatic carbocycles. The van der Waals surface area contributed by atoms with E-state index in [2.05, 4.69) is 4.98 Å². The lowest BCUT2D eigenvalue weighted by Gasteiger charge is -2.40. The van der Waals surface area contributed by atoms with E-state index < -0.39 is 5.82 Å². The smallest absolute Gasteiger partial charge is 0.289 e. The molecule has 0 saturated carbocycles. The van der Waals surface area contributed by atoms with Gasteiger partial charge in [-0.3, -0.25) is 4.79 Å². The second-order valence-electron chi connectivity index (χ2n) is 8.22. The van der Waals surface area contributed by atoms with Gasteiger partial charge < -0.3 is 18.9 Å². The summed E-state index contributed by atoms with van der Waals surface area (Å²) in [5, 5.41) is 0. The largest absolute Gasteiger partial charge is 0.493 e. The van der Waals surface area contributed by atoms with Crippen molar-refractivity contribution in [2.75, 3.05) is 13.2 Å². The van der Waals surface area contributed by atoms with E-state index in [4.69, 9.17) is 9.47 Å². The monoisotopic (exact) mass is 433 g/mol. The Kier molecular flexibility index (Phi) is 5.17. The maximum absolute atomic E-state index is 14.8. The molecule has 0 unspecified atom stereocenters. The van der Waals surface area contributed by atoms with Crippen molar-refractivity contribution in [2.45, 2.75) is 32.4 Å². The van der Waals surface area contributed by atoms with Crippen molar-refractivity contribution in [1.82, 2.24) is 14.5 Å². The van der Waals surface area contributed by atoms with Crippen LogP contribution in [0.1, 0.15) is 36.2 Å². The predicted molar refractivity (Wildman–Crippen MR) is 118 cm³/mol. The first-order chi connectivity index (χ1) is 15.5. The highest BCUT2D eigenvalue weighted by Crippen LogP contribution is 2.38. The Hall–Kier alpha value is -3.61. The molecule has 7 heteroatoms. The lowest BCUT2D eigenvalue weighted by molar-refractivity contribution is -0.142. The lowest BCUT2D eigenvalue weighted by Crippen LogP contribution is -2.47. The van der Waals surface area contributed by atoms with E-state index in [0.717, 1.165) is 23.4 Å². The number of hydrogen-bond acceptors (Lipinski definition) is 4. The highest BCUT2D eigenvalue weighted by molar-refractivity contribution is 5.96. The van der Waals surface area contributed by atoms with Crippen LogP contribution in [0.15, 0.2) is 60.7 Å². The van der Waals surface area contributed by atoms with Crippen molar-refractivity contribution >= 4 is 12.0 Å². The molecular formula is C25H24FN3O3. The summed E-state index contributed by atoms with van der Waals surface area (Å²) in [5.41, 5.74) is 2.78. The number of hydrogen-bond donors (Lipinski definition) is 0. The van der Waals surface area contributed by atoms with Crippen LogP contribution in [0.5, 0.6) is 5.75 Å². The Bertz CT molecular complexity index is 1200. The van der Waals surface area contributed by atoms with Gasteiger partial charge in [0.05, 0.1) is 36.9 Å². The normalized spacial score (nSPS) is 21.8. The zero-order valence-corrected chi connectivity index (χ0v) is 18.0. The van der Waals surface area contributed by atoms with Crippen molar-refractivity contribution < 1.29 is 18.7 Å². The molecule has 1 saturated heterocycles. The molecule has 0 radical (unpaired) electrons. The summed E-state index contributed by atoms with van der Waals surface area (Å²) in [6.45, 7) is 4.83. The Labute approximate surface area is 185 Å². The summed E-state index contributed by atoms with van der Waals surface area (Å²) in [4.78, 5) is 19.3. The van der Waals surface area contributed by atoms with Crippen molar-refractivity contribution in [2.24, 2.45) is 0 Å². The summed E-state index contributed by atoms with van der Waals surface area (Å²) in [7, 11) is 0. The molecule has 6 nitrogen and oxygen atoms in total. The van der Waals surface area contributed by atoms with E-state index in [1.54, 1.807) is 35.3 Å². The van der Waals surface area contributed by atoms with E-state index in [9.17, 15) is 9.18 Å². The number of nitrogens with zero attached hydrogens (tertiary/aromatic N) is 3. The highest BCUT2D eigenvalue weighted by Gasteiger charge is 2.37. The van der Waals surface area contributed by atoms with Crippen LogP contribution in [0.4, 0.5) is 4.39 Å². The molecule has 164 valence electrons. The fourth-order valence-electron chi connectivity index (χ4n) is 4.34. The van der Waals surface area contributed by atoms with Gasteiger partial charge >= 0.3 is 0 Å². The van der Waals surface area contributed by atoms with Gasteiger partial charge in [-0.25, -0.2) is 9.37 Å². The topological polar surface area (TPSA) is 56.6 Å². The van der Waals surface area contributed by atoms with Gasteiger partial charge in [0, 0.05) is 18.2 Å². The minimum absolute atomic E-state index is 0.0780. The van der Waals surface area contributed by atoms with Crippen LogP contribution in [0.3, 0.4) is 0 Å². The molecule has 2 aliphatic rings. The average molecular weight is 433 g/mol. The number of ether oxygens (including phenoxy) is 2. The maximum Gasteiger partial charge on any atom is 0.289 e. The third-order valence-electron chi connectivity index (χ3n) is 5.82. The highest BCUT2D eigenvalue weighted by atomic mass is 19.1. The number of benzene rings is 2. The van der Waals surface area contributed by atoms with E-state index >= 15 is 0 Å². The molecular weight excluding hydrogens is 409 g/mol. The summed E-state index contributed by atoms with van der Waals surface area (Å²) in [5.74, 6) is 0.440. The number of amides is 1. The number of carbonyl (C=O) groups is 1. The van der Waals surface area contributed by atoms with Crippen molar-refractivity contribution in [3.8, 4) is 11.4 Å². The number of morpholine rings is 1. The van der Waals surface area contributed by atoms with Gasteiger partial charge in [-0.05, 0) is 43.7 Å².